The van der Waals surface area contributed by atoms with Crippen LogP contribution in [0.4, 0.5) is 5.69 Å². The molecule has 0 radical (unpaired) electrons. The highest BCUT2D eigenvalue weighted by Gasteiger charge is 2.27. The molecule has 122 valence electrons. The lowest BCUT2D eigenvalue weighted by Crippen LogP contribution is -2.14. The molecular weight excluding hydrogens is 308 g/mol. The predicted molar refractivity (Wildman–Crippen MR) is 93.1 cm³/mol. The summed E-state index contributed by atoms with van der Waals surface area (Å²) in [4.78, 5) is 18.7. The molecule has 2 N–H and O–H groups in total. The number of nitrogen functional groups attached to an aromatic ring is 1. The Labute approximate surface area is 140 Å². The lowest BCUT2D eigenvalue weighted by Gasteiger charge is -2.18. The molecule has 0 unspecified atom stereocenters. The van der Waals surface area contributed by atoms with Gasteiger partial charge in [-0.25, -0.2) is 9.78 Å². The summed E-state index contributed by atoms with van der Waals surface area (Å²) >= 11 is 1.39. The average Bonchev–Trinajstić information content (AvgIpc) is 3.16. The highest BCUT2D eigenvalue weighted by Crippen LogP contribution is 2.40. The fourth-order valence-corrected chi connectivity index (χ4v) is 5.02. The number of aromatic nitrogens is 1. The van der Waals surface area contributed by atoms with Crippen molar-refractivity contribution in [3.05, 3.63) is 21.7 Å². The van der Waals surface area contributed by atoms with Crippen LogP contribution >= 0.6 is 11.3 Å². The summed E-state index contributed by atoms with van der Waals surface area (Å²) in [5.74, 6) is -0.264. The summed E-state index contributed by atoms with van der Waals surface area (Å²) in [5, 5.41) is 1.01. The largest absolute Gasteiger partial charge is 0.458 e. The van der Waals surface area contributed by atoms with Gasteiger partial charge in [0.15, 0.2) is 0 Å². The normalized spacial score (nSPS) is 18.3. The van der Waals surface area contributed by atoms with E-state index >= 15 is 0 Å². The third-order valence-corrected chi connectivity index (χ3v) is 6.24. The molecule has 0 spiro atoms. The van der Waals surface area contributed by atoms with Gasteiger partial charge in [0.25, 0.3) is 0 Å². The second-order valence-corrected chi connectivity index (χ2v) is 7.70. The first-order valence-corrected chi connectivity index (χ1v) is 9.38. The van der Waals surface area contributed by atoms with Gasteiger partial charge in [-0.15, -0.1) is 11.3 Å². The number of nitrogens with two attached hydrogens (primary N) is 1. The van der Waals surface area contributed by atoms with Gasteiger partial charge in [0.05, 0.1) is 5.69 Å². The first-order valence-electron chi connectivity index (χ1n) is 8.56. The number of esters is 1. The summed E-state index contributed by atoms with van der Waals surface area (Å²) in [5.41, 5.74) is 10.7. The minimum absolute atomic E-state index is 0.0655. The highest BCUT2D eigenvalue weighted by molar-refractivity contribution is 7.21. The number of nitrogens with zero attached hydrogens (tertiary/aromatic N) is 1. The number of hydrogen-bond acceptors (Lipinski definition) is 5. The SMILES string of the molecule is Cc1nc2sc(C(=O)OC3CCCC3)c(N)c2c2c1CCCC2. The molecule has 0 aromatic carbocycles. The van der Waals surface area contributed by atoms with Crippen molar-refractivity contribution in [1.82, 2.24) is 4.98 Å². The molecule has 2 aromatic rings. The maximum Gasteiger partial charge on any atom is 0.350 e. The van der Waals surface area contributed by atoms with E-state index in [0.717, 1.165) is 54.4 Å². The molecule has 4 nitrogen and oxygen atoms in total. The zero-order valence-electron chi connectivity index (χ0n) is 13.5. The lowest BCUT2D eigenvalue weighted by molar-refractivity contribution is 0.0325. The van der Waals surface area contributed by atoms with Crippen molar-refractivity contribution in [3.63, 3.8) is 0 Å². The number of rotatable bonds is 2. The van der Waals surface area contributed by atoms with Crippen LogP contribution in [0, 0.1) is 6.92 Å². The van der Waals surface area contributed by atoms with Crippen molar-refractivity contribution in [2.24, 2.45) is 0 Å². The van der Waals surface area contributed by atoms with Crippen LogP contribution in [-0.2, 0) is 17.6 Å². The average molecular weight is 330 g/mol. The van der Waals surface area contributed by atoms with E-state index in [1.54, 1.807) is 0 Å². The van der Waals surface area contributed by atoms with Gasteiger partial charge in [0, 0.05) is 11.1 Å². The Morgan fingerprint density at radius 3 is 2.61 bits per heavy atom. The molecule has 0 atom stereocenters. The molecule has 2 aliphatic rings. The number of ether oxygens (including phenoxy) is 1. The number of carbonyl (C=O) groups excluding carboxylic acids is 1. The van der Waals surface area contributed by atoms with Crippen LogP contribution in [0.25, 0.3) is 10.2 Å². The molecule has 2 aliphatic carbocycles. The molecule has 2 heterocycles. The van der Waals surface area contributed by atoms with E-state index in [-0.39, 0.29) is 12.1 Å². The Bertz CT molecular complexity index is 775. The van der Waals surface area contributed by atoms with Gasteiger partial charge >= 0.3 is 5.97 Å². The van der Waals surface area contributed by atoms with Gasteiger partial charge in [-0.3, -0.25) is 0 Å². The third-order valence-electron chi connectivity index (χ3n) is 5.16. The molecular formula is C18H22N2O2S. The second kappa shape index (κ2) is 5.78. The fourth-order valence-electron chi connectivity index (χ4n) is 3.96. The zero-order chi connectivity index (χ0) is 16.0. The summed E-state index contributed by atoms with van der Waals surface area (Å²) in [7, 11) is 0. The zero-order valence-corrected chi connectivity index (χ0v) is 14.3. The van der Waals surface area contributed by atoms with E-state index in [9.17, 15) is 4.79 Å². The maximum absolute atomic E-state index is 12.5. The van der Waals surface area contributed by atoms with Gasteiger partial charge in [-0.05, 0) is 69.4 Å². The topological polar surface area (TPSA) is 65.2 Å². The van der Waals surface area contributed by atoms with E-state index < -0.39 is 0 Å². The number of anilines is 1. The van der Waals surface area contributed by atoms with E-state index in [1.807, 2.05) is 0 Å². The molecule has 2 aromatic heterocycles. The predicted octanol–water partition coefficient (Wildman–Crippen LogP) is 4.17. The van der Waals surface area contributed by atoms with E-state index in [4.69, 9.17) is 15.5 Å². The van der Waals surface area contributed by atoms with Crippen LogP contribution in [0.2, 0.25) is 0 Å². The van der Waals surface area contributed by atoms with Gasteiger partial charge < -0.3 is 10.5 Å². The monoisotopic (exact) mass is 330 g/mol. The fraction of sp³-hybridized carbons (Fsp3) is 0.556. The van der Waals surface area contributed by atoms with E-state index in [0.29, 0.717) is 10.6 Å². The standard InChI is InChI=1S/C18H22N2O2S/c1-10-12-8-4-5-9-13(12)14-15(19)16(23-17(14)20-10)18(21)22-11-6-2-3-7-11/h11H,2-9,19H2,1H3. The van der Waals surface area contributed by atoms with Crippen LogP contribution in [0.5, 0.6) is 0 Å². The van der Waals surface area contributed by atoms with Crippen molar-refractivity contribution in [2.75, 3.05) is 5.73 Å². The summed E-state index contributed by atoms with van der Waals surface area (Å²) in [6.45, 7) is 2.07. The van der Waals surface area contributed by atoms with Gasteiger partial charge in [-0.2, -0.15) is 0 Å². The van der Waals surface area contributed by atoms with Crippen molar-refractivity contribution >= 4 is 33.2 Å². The number of fused-ring (bicyclic) bond motifs is 3. The van der Waals surface area contributed by atoms with Gasteiger partial charge in [0.2, 0.25) is 0 Å². The molecule has 5 heteroatoms. The van der Waals surface area contributed by atoms with Crippen LogP contribution in [0.3, 0.4) is 0 Å². The van der Waals surface area contributed by atoms with Crippen molar-refractivity contribution < 1.29 is 9.53 Å². The molecule has 4 rings (SSSR count). The molecule has 0 aliphatic heterocycles. The van der Waals surface area contributed by atoms with Crippen LogP contribution in [0.1, 0.15) is 65.0 Å². The van der Waals surface area contributed by atoms with Gasteiger partial charge in [-0.1, -0.05) is 0 Å². The van der Waals surface area contributed by atoms with Crippen LogP contribution in [-0.4, -0.2) is 17.1 Å². The Morgan fingerprint density at radius 1 is 1.17 bits per heavy atom. The molecule has 0 amide bonds. The first kappa shape index (κ1) is 14.9. The van der Waals surface area contributed by atoms with E-state index in [2.05, 4.69) is 6.92 Å². The molecule has 0 bridgehead atoms. The number of pyridine rings is 1. The minimum Gasteiger partial charge on any atom is -0.458 e. The number of aryl methyl sites for hydroxylation is 2. The minimum atomic E-state index is -0.264. The second-order valence-electron chi connectivity index (χ2n) is 6.70. The lowest BCUT2D eigenvalue weighted by atomic mass is 9.89. The van der Waals surface area contributed by atoms with Crippen LogP contribution in [0.15, 0.2) is 0 Å². The number of thiophene rings is 1. The molecule has 0 saturated heterocycles. The Morgan fingerprint density at radius 2 is 1.87 bits per heavy atom. The van der Waals surface area contributed by atoms with Crippen molar-refractivity contribution in [2.45, 2.75) is 64.4 Å². The quantitative estimate of drug-likeness (QED) is 0.840. The molecule has 1 saturated carbocycles. The summed E-state index contributed by atoms with van der Waals surface area (Å²) < 4.78 is 5.65. The Balaban J connectivity index is 1.76. The van der Waals surface area contributed by atoms with Gasteiger partial charge in [0.1, 0.15) is 15.8 Å². The maximum atomic E-state index is 12.5. The van der Waals surface area contributed by atoms with Crippen LogP contribution < -0.4 is 5.73 Å². The van der Waals surface area contributed by atoms with E-state index in [1.165, 1.54) is 35.3 Å². The number of carbonyl (C=O) groups is 1. The van der Waals surface area contributed by atoms with Crippen molar-refractivity contribution in [3.8, 4) is 0 Å². The Kier molecular flexibility index (Phi) is 3.76. The molecule has 23 heavy (non-hydrogen) atoms. The number of hydrogen-bond donors (Lipinski definition) is 1. The summed E-state index contributed by atoms with van der Waals surface area (Å²) in [6, 6.07) is 0. The Hall–Kier alpha value is -1.62. The summed E-state index contributed by atoms with van der Waals surface area (Å²) in [6.07, 6.45) is 8.81. The smallest absolute Gasteiger partial charge is 0.350 e. The first-order chi connectivity index (χ1) is 11.1. The third kappa shape index (κ3) is 2.51. The van der Waals surface area contributed by atoms with Crippen molar-refractivity contribution in [1.29, 1.82) is 0 Å². The highest BCUT2D eigenvalue weighted by atomic mass is 32.1. The molecule has 1 fully saturated rings.